The van der Waals surface area contributed by atoms with E-state index >= 15 is 0 Å². The monoisotopic (exact) mass is 370 g/mol. The zero-order chi connectivity index (χ0) is 16.2. The maximum Gasteiger partial charge on any atom is 1.00 e. The van der Waals surface area contributed by atoms with Crippen molar-refractivity contribution >= 4 is 45.2 Å². The van der Waals surface area contributed by atoms with E-state index in [1.807, 2.05) is 36.4 Å². The fraction of sp³-hybridized carbons (Fsp3) is 0. The first-order chi connectivity index (χ1) is 11.0. The second kappa shape index (κ2) is 7.77. The zero-order valence-electron chi connectivity index (χ0n) is 13.8. The van der Waals surface area contributed by atoms with E-state index in [0.717, 1.165) is 27.6 Å². The Morgan fingerprint density at radius 1 is 0.680 bits per heavy atom. The van der Waals surface area contributed by atoms with Crippen molar-refractivity contribution in [2.75, 3.05) is 0 Å². The summed E-state index contributed by atoms with van der Waals surface area (Å²) >= 11 is 0. The Hall–Kier alpha value is -0.260. The molecule has 0 spiro atoms. The van der Waals surface area contributed by atoms with Crippen molar-refractivity contribution in [1.29, 1.82) is 0 Å². The van der Waals surface area contributed by atoms with Crippen LogP contribution in [0.5, 0.6) is 0 Å². The van der Waals surface area contributed by atoms with Gasteiger partial charge in [-0.05, 0) is 46.0 Å². The quantitative estimate of drug-likeness (QED) is 0.202. The van der Waals surface area contributed by atoms with Crippen LogP contribution in [0.2, 0.25) is 0 Å². The summed E-state index contributed by atoms with van der Waals surface area (Å²) in [6, 6.07) is 17.4. The number of benzene rings is 4. The molecule has 0 saturated heterocycles. The summed E-state index contributed by atoms with van der Waals surface area (Å²) < 4.78 is 25.3. The molecule has 0 aliphatic carbocycles. The number of rotatable bonds is 1. The molecule has 0 saturated carbocycles. The molecule has 0 aromatic heterocycles. The van der Waals surface area contributed by atoms with Gasteiger partial charge in [0.25, 0.3) is 0 Å². The van der Waals surface area contributed by atoms with Gasteiger partial charge < -0.3 is 14.4 Å². The van der Waals surface area contributed by atoms with Crippen molar-refractivity contribution in [3.8, 4) is 0 Å². The van der Waals surface area contributed by atoms with Gasteiger partial charge >= 0.3 is 59.1 Å². The van der Waals surface area contributed by atoms with E-state index < -0.39 is 18.7 Å². The van der Waals surface area contributed by atoms with Crippen molar-refractivity contribution in [1.82, 2.24) is 0 Å². The van der Waals surface area contributed by atoms with Crippen LogP contribution in [0.4, 0.5) is 4.39 Å². The van der Waals surface area contributed by atoms with Crippen LogP contribution in [0.25, 0.3) is 32.3 Å². The smallest absolute Gasteiger partial charge is 0.807 e. The summed E-state index contributed by atoms with van der Waals surface area (Å²) in [6.07, 6.45) is 0. The van der Waals surface area contributed by atoms with Gasteiger partial charge in [0.1, 0.15) is 5.82 Å². The van der Waals surface area contributed by atoms with E-state index in [9.17, 15) is 18.7 Å². The molecule has 114 valence electrons. The summed E-state index contributed by atoms with van der Waals surface area (Å²) in [6.45, 7) is 0. The summed E-state index contributed by atoms with van der Waals surface area (Å²) in [4.78, 5) is 22.9. The maximum absolute atomic E-state index is 13.9. The van der Waals surface area contributed by atoms with Crippen LogP contribution in [0, 0.1) is 5.82 Å². The molecule has 4 aromatic rings. The normalized spacial score (nSPS) is 11.3. The van der Waals surface area contributed by atoms with Crippen LogP contribution < -0.4 is 74.2 Å². The minimum Gasteiger partial charge on any atom is -0.807 e. The SMILES string of the molecule is O=P([O-])([O-])c1c(F)ccc2c1ccc1c3ccccc3ccc21.[Na+].[Na+]. The fourth-order valence-corrected chi connectivity index (χ4v) is 3.97. The molecule has 3 nitrogen and oxygen atoms in total. The Bertz CT molecular complexity index is 1140. The minimum atomic E-state index is -5.20. The Balaban J connectivity index is 0.00000113. The first kappa shape index (κ1) is 21.0. The van der Waals surface area contributed by atoms with Crippen LogP contribution in [0.1, 0.15) is 0 Å². The molecule has 0 unspecified atom stereocenters. The molecule has 0 atom stereocenters. The van der Waals surface area contributed by atoms with E-state index in [2.05, 4.69) is 0 Å². The molecule has 4 rings (SSSR count). The van der Waals surface area contributed by atoms with E-state index in [1.165, 1.54) is 12.1 Å². The van der Waals surface area contributed by atoms with E-state index in [1.54, 1.807) is 6.07 Å². The Kier molecular flexibility index (Phi) is 6.54. The number of halogens is 1. The van der Waals surface area contributed by atoms with Crippen LogP contribution >= 0.6 is 7.60 Å². The van der Waals surface area contributed by atoms with Gasteiger partial charge in [-0.1, -0.05) is 54.6 Å². The van der Waals surface area contributed by atoms with Gasteiger partial charge in [-0.2, -0.15) is 0 Å². The average molecular weight is 370 g/mol. The predicted molar refractivity (Wildman–Crippen MR) is 86.2 cm³/mol. The fourth-order valence-electron chi connectivity index (χ4n) is 3.14. The van der Waals surface area contributed by atoms with Crippen molar-refractivity contribution in [2.24, 2.45) is 0 Å². The van der Waals surface area contributed by atoms with Crippen molar-refractivity contribution in [2.45, 2.75) is 0 Å². The van der Waals surface area contributed by atoms with Crippen molar-refractivity contribution < 1.29 is 77.9 Å². The second-order valence-corrected chi connectivity index (χ2v) is 6.88. The first-order valence-electron chi connectivity index (χ1n) is 7.02. The third-order valence-corrected chi connectivity index (χ3v) is 5.12. The summed E-state index contributed by atoms with van der Waals surface area (Å²) in [5, 5.41) is 3.71. The molecule has 0 heterocycles. The summed E-state index contributed by atoms with van der Waals surface area (Å²) in [7, 11) is -5.20. The minimum absolute atomic E-state index is 0. The molecule has 0 N–H and O–H groups in total. The third kappa shape index (κ3) is 3.61. The molecule has 25 heavy (non-hydrogen) atoms. The van der Waals surface area contributed by atoms with E-state index in [0.29, 0.717) is 5.39 Å². The molecule has 0 aliphatic rings. The van der Waals surface area contributed by atoms with Crippen LogP contribution in [-0.4, -0.2) is 0 Å². The first-order valence-corrected chi connectivity index (χ1v) is 8.56. The molecular formula is C18H10FNa2O3P. The summed E-state index contributed by atoms with van der Waals surface area (Å²) in [5.41, 5.74) is 0. The Morgan fingerprint density at radius 3 is 1.92 bits per heavy atom. The number of hydrogen-bond acceptors (Lipinski definition) is 3. The van der Waals surface area contributed by atoms with Gasteiger partial charge in [-0.15, -0.1) is 0 Å². The topological polar surface area (TPSA) is 63.2 Å². The molecule has 7 heteroatoms. The van der Waals surface area contributed by atoms with Gasteiger partial charge in [0.2, 0.25) is 0 Å². The van der Waals surface area contributed by atoms with Crippen LogP contribution in [-0.2, 0) is 4.57 Å². The van der Waals surface area contributed by atoms with Gasteiger partial charge in [0, 0.05) is 5.30 Å². The molecule has 4 aromatic carbocycles. The van der Waals surface area contributed by atoms with Gasteiger partial charge in [0.15, 0.2) is 0 Å². The van der Waals surface area contributed by atoms with Crippen LogP contribution in [0.15, 0.2) is 60.7 Å². The molecule has 0 bridgehead atoms. The molecular weight excluding hydrogens is 360 g/mol. The zero-order valence-corrected chi connectivity index (χ0v) is 18.7. The maximum atomic E-state index is 13.9. The average Bonchev–Trinajstić information content (AvgIpc) is 2.52. The predicted octanol–water partition coefficient (Wildman–Crippen LogP) is -3.17. The molecule has 0 radical (unpaired) electrons. The van der Waals surface area contributed by atoms with Crippen molar-refractivity contribution in [3.05, 3.63) is 66.5 Å². The number of fused-ring (bicyclic) bond motifs is 5. The molecule has 0 aliphatic heterocycles. The van der Waals surface area contributed by atoms with Gasteiger partial charge in [-0.3, -0.25) is 0 Å². The molecule has 0 amide bonds. The van der Waals surface area contributed by atoms with Crippen molar-refractivity contribution in [3.63, 3.8) is 0 Å². The molecule has 0 fully saturated rings. The Labute approximate surface area is 188 Å². The number of hydrogen-bond donors (Lipinski definition) is 0. The largest absolute Gasteiger partial charge is 1.00 e. The standard InChI is InChI=1S/C18H12FO3P.2Na/c19-17-10-9-15-14-6-5-11-3-1-2-4-12(11)13(14)7-8-16(15)18(17)23(20,21)22;;/h1-10H,(H2,20,21,22);;/q;2*+1/p-2. The van der Waals surface area contributed by atoms with E-state index in [-0.39, 0.29) is 64.5 Å². The van der Waals surface area contributed by atoms with Crippen LogP contribution in [0.3, 0.4) is 0 Å². The third-order valence-electron chi connectivity index (χ3n) is 4.12. The second-order valence-electron chi connectivity index (χ2n) is 5.44. The Morgan fingerprint density at radius 2 is 1.20 bits per heavy atom. The van der Waals surface area contributed by atoms with Gasteiger partial charge in [0.05, 0.1) is 0 Å². The summed E-state index contributed by atoms with van der Waals surface area (Å²) in [5.74, 6) is -1.01. The van der Waals surface area contributed by atoms with Gasteiger partial charge in [-0.25, -0.2) is 4.39 Å². The van der Waals surface area contributed by atoms with E-state index in [4.69, 9.17) is 0 Å².